The first kappa shape index (κ1) is 10.9. The summed E-state index contributed by atoms with van der Waals surface area (Å²) < 4.78 is 35.9. The third-order valence-electron chi connectivity index (χ3n) is 1.24. The predicted octanol–water partition coefficient (Wildman–Crippen LogP) is 3.25. The average Bonchev–Trinajstić information content (AvgIpc) is 1.87. The van der Waals surface area contributed by atoms with E-state index in [9.17, 15) is 13.2 Å². The van der Waals surface area contributed by atoms with Crippen molar-refractivity contribution in [3.05, 3.63) is 11.6 Å². The molecular weight excluding hydrogens is 173 g/mol. The Morgan fingerprint density at radius 3 is 2.27 bits per heavy atom. The Bertz CT molecular complexity index is 137. The van der Waals surface area contributed by atoms with Gasteiger partial charge in [0.15, 0.2) is 0 Å². The van der Waals surface area contributed by atoms with Gasteiger partial charge in [-0.25, -0.2) is 0 Å². The number of allylic oxidation sites excluding steroid dienone is 1. The van der Waals surface area contributed by atoms with Gasteiger partial charge in [-0.05, 0) is 12.7 Å². The van der Waals surface area contributed by atoms with Crippen molar-refractivity contribution in [3.8, 4) is 0 Å². The Morgan fingerprint density at radius 2 is 2.00 bits per heavy atom. The van der Waals surface area contributed by atoms with Gasteiger partial charge in [0.25, 0.3) is 0 Å². The number of hydrogen-bond donors (Lipinski definition) is 0. The van der Waals surface area contributed by atoms with E-state index < -0.39 is 11.7 Å². The van der Waals surface area contributed by atoms with Gasteiger partial charge in [-0.3, -0.25) is 0 Å². The molecule has 0 fully saturated rings. The Balaban J connectivity index is 4.16. The van der Waals surface area contributed by atoms with E-state index in [1.165, 1.54) is 24.8 Å². The van der Waals surface area contributed by atoms with Gasteiger partial charge in [-0.15, -0.1) is 0 Å². The summed E-state index contributed by atoms with van der Waals surface area (Å²) in [6.07, 6.45) is -1.06. The molecule has 0 spiro atoms. The van der Waals surface area contributed by atoms with E-state index in [-0.39, 0.29) is 6.42 Å². The zero-order chi connectivity index (χ0) is 8.91. The highest BCUT2D eigenvalue weighted by Crippen LogP contribution is 2.27. The van der Waals surface area contributed by atoms with E-state index in [1.807, 2.05) is 0 Å². The van der Waals surface area contributed by atoms with E-state index in [0.29, 0.717) is 5.75 Å². The number of thioether (sulfide) groups is 1. The van der Waals surface area contributed by atoms with Gasteiger partial charge in [0.1, 0.15) is 0 Å². The second kappa shape index (κ2) is 4.70. The third kappa shape index (κ3) is 4.35. The van der Waals surface area contributed by atoms with Gasteiger partial charge in [0.2, 0.25) is 0 Å². The maximum atomic E-state index is 12.0. The summed E-state index contributed by atoms with van der Waals surface area (Å²) in [5, 5.41) is 0. The molecule has 0 saturated heterocycles. The lowest BCUT2D eigenvalue weighted by Crippen LogP contribution is -2.11. The summed E-state index contributed by atoms with van der Waals surface area (Å²) in [5.74, 6) is 0.433. The molecule has 0 aliphatic rings. The molecule has 0 aliphatic carbocycles. The molecule has 66 valence electrons. The minimum atomic E-state index is -4.13. The normalized spacial score (nSPS) is 13.7. The van der Waals surface area contributed by atoms with Gasteiger partial charge >= 0.3 is 6.18 Å². The zero-order valence-corrected chi connectivity index (χ0v) is 7.35. The van der Waals surface area contributed by atoms with Crippen LogP contribution < -0.4 is 0 Å². The van der Waals surface area contributed by atoms with E-state index >= 15 is 0 Å². The molecule has 0 N–H and O–H groups in total. The lowest BCUT2D eigenvalue weighted by molar-refractivity contribution is -0.0936. The third-order valence-corrected chi connectivity index (χ3v) is 1.74. The van der Waals surface area contributed by atoms with Crippen molar-refractivity contribution in [2.75, 3.05) is 12.0 Å². The summed E-state index contributed by atoms with van der Waals surface area (Å²) in [6, 6.07) is 0. The van der Waals surface area contributed by atoms with Gasteiger partial charge in [0.05, 0.1) is 0 Å². The molecule has 11 heavy (non-hydrogen) atoms. The van der Waals surface area contributed by atoms with Crippen LogP contribution in [0.3, 0.4) is 0 Å². The van der Waals surface area contributed by atoms with Crippen molar-refractivity contribution >= 4 is 11.8 Å². The molecular formula is C7H11F3S. The first-order chi connectivity index (χ1) is 5.02. The van der Waals surface area contributed by atoms with Crippen LogP contribution in [-0.2, 0) is 0 Å². The van der Waals surface area contributed by atoms with Gasteiger partial charge in [-0.1, -0.05) is 13.0 Å². The second-order valence-corrected chi connectivity index (χ2v) is 2.95. The summed E-state index contributed by atoms with van der Waals surface area (Å²) in [7, 11) is 0. The highest BCUT2D eigenvalue weighted by molar-refractivity contribution is 7.98. The van der Waals surface area contributed by atoms with Crippen molar-refractivity contribution in [2.45, 2.75) is 19.5 Å². The minimum absolute atomic E-state index is 0.0596. The van der Waals surface area contributed by atoms with E-state index in [0.717, 1.165) is 0 Å². The molecule has 0 unspecified atom stereocenters. The van der Waals surface area contributed by atoms with Crippen molar-refractivity contribution < 1.29 is 13.2 Å². The van der Waals surface area contributed by atoms with E-state index in [2.05, 4.69) is 0 Å². The average molecular weight is 184 g/mol. The van der Waals surface area contributed by atoms with Crippen LogP contribution in [0.2, 0.25) is 0 Å². The first-order valence-electron chi connectivity index (χ1n) is 3.27. The maximum absolute atomic E-state index is 12.0. The number of alkyl halides is 3. The van der Waals surface area contributed by atoms with Crippen LogP contribution in [0, 0.1) is 0 Å². The van der Waals surface area contributed by atoms with Gasteiger partial charge in [0, 0.05) is 11.3 Å². The van der Waals surface area contributed by atoms with Crippen LogP contribution in [0.4, 0.5) is 13.2 Å². The second-order valence-electron chi connectivity index (χ2n) is 2.04. The van der Waals surface area contributed by atoms with E-state index in [1.54, 1.807) is 6.26 Å². The van der Waals surface area contributed by atoms with Crippen LogP contribution in [0.25, 0.3) is 0 Å². The SMILES string of the molecule is CC/C(=C/CSC)C(F)(F)F. The molecule has 0 atom stereocenters. The minimum Gasteiger partial charge on any atom is -0.166 e. The highest BCUT2D eigenvalue weighted by atomic mass is 32.2. The molecule has 0 radical (unpaired) electrons. The van der Waals surface area contributed by atoms with Crippen LogP contribution in [0.1, 0.15) is 13.3 Å². The van der Waals surface area contributed by atoms with Crippen molar-refractivity contribution in [2.24, 2.45) is 0 Å². The van der Waals surface area contributed by atoms with Crippen molar-refractivity contribution in [1.29, 1.82) is 0 Å². The fraction of sp³-hybridized carbons (Fsp3) is 0.714. The van der Waals surface area contributed by atoms with E-state index in [4.69, 9.17) is 0 Å². The number of rotatable bonds is 3. The lowest BCUT2D eigenvalue weighted by Gasteiger charge is -2.08. The quantitative estimate of drug-likeness (QED) is 0.607. The molecule has 0 aromatic rings. The summed E-state index contributed by atoms with van der Waals surface area (Å²) >= 11 is 1.39. The zero-order valence-electron chi connectivity index (χ0n) is 6.53. The highest BCUT2D eigenvalue weighted by Gasteiger charge is 2.31. The first-order valence-corrected chi connectivity index (χ1v) is 4.67. The fourth-order valence-electron chi connectivity index (χ4n) is 0.644. The predicted molar refractivity (Wildman–Crippen MR) is 42.8 cm³/mol. The van der Waals surface area contributed by atoms with Crippen molar-refractivity contribution in [3.63, 3.8) is 0 Å². The van der Waals surface area contributed by atoms with Crippen LogP contribution in [0.5, 0.6) is 0 Å². The molecule has 0 bridgehead atoms. The fourth-order valence-corrected chi connectivity index (χ4v) is 1.01. The lowest BCUT2D eigenvalue weighted by atomic mass is 10.2. The van der Waals surface area contributed by atoms with Gasteiger partial charge < -0.3 is 0 Å². The molecule has 0 aliphatic heterocycles. The van der Waals surface area contributed by atoms with Gasteiger partial charge in [-0.2, -0.15) is 24.9 Å². The molecule has 0 aromatic carbocycles. The van der Waals surface area contributed by atoms with Crippen molar-refractivity contribution in [1.82, 2.24) is 0 Å². The monoisotopic (exact) mass is 184 g/mol. The standard InChI is InChI=1S/C7H11F3S/c1-3-6(4-5-11-2)7(8,9)10/h4H,3,5H2,1-2H3/b6-4-. The summed E-state index contributed by atoms with van der Waals surface area (Å²) in [4.78, 5) is 0. The topological polar surface area (TPSA) is 0 Å². The van der Waals surface area contributed by atoms with Crippen LogP contribution >= 0.6 is 11.8 Å². The Morgan fingerprint density at radius 1 is 1.45 bits per heavy atom. The Kier molecular flexibility index (Phi) is 4.65. The smallest absolute Gasteiger partial charge is 0.166 e. The van der Waals surface area contributed by atoms with Crippen LogP contribution in [-0.4, -0.2) is 18.2 Å². The molecule has 0 saturated carbocycles. The molecule has 0 heterocycles. The molecule has 0 rings (SSSR count). The Hall–Kier alpha value is -0.120. The summed E-state index contributed by atoms with van der Waals surface area (Å²) in [5.41, 5.74) is -0.424. The molecule has 0 amide bonds. The van der Waals surface area contributed by atoms with Crippen LogP contribution in [0.15, 0.2) is 11.6 Å². The Labute approximate surface area is 68.9 Å². The number of halogens is 3. The molecule has 4 heteroatoms. The summed E-state index contributed by atoms with van der Waals surface area (Å²) in [6.45, 7) is 1.51. The number of hydrogen-bond acceptors (Lipinski definition) is 1. The largest absolute Gasteiger partial charge is 0.412 e. The molecule has 0 aromatic heterocycles. The molecule has 0 nitrogen and oxygen atoms in total. The maximum Gasteiger partial charge on any atom is 0.412 e.